The van der Waals surface area contributed by atoms with Crippen molar-refractivity contribution in [1.82, 2.24) is 4.90 Å². The SMILES string of the molecule is COc1ccc(CN(C)C(=O)C2(N)CCCC2)cc1O. The van der Waals surface area contributed by atoms with Crippen molar-refractivity contribution >= 4 is 5.91 Å². The van der Waals surface area contributed by atoms with Crippen molar-refractivity contribution in [1.29, 1.82) is 0 Å². The fourth-order valence-electron chi connectivity index (χ4n) is 2.78. The number of amides is 1. The molecule has 5 heteroatoms. The van der Waals surface area contributed by atoms with E-state index in [0.717, 1.165) is 31.2 Å². The Bertz CT molecular complexity index is 496. The first kappa shape index (κ1) is 14.7. The van der Waals surface area contributed by atoms with Gasteiger partial charge in [-0.25, -0.2) is 0 Å². The summed E-state index contributed by atoms with van der Waals surface area (Å²) in [5.41, 5.74) is 6.31. The summed E-state index contributed by atoms with van der Waals surface area (Å²) in [7, 11) is 3.25. The topological polar surface area (TPSA) is 75.8 Å². The Hall–Kier alpha value is -1.75. The van der Waals surface area contributed by atoms with Gasteiger partial charge in [0.2, 0.25) is 5.91 Å². The van der Waals surface area contributed by atoms with E-state index in [-0.39, 0.29) is 11.7 Å². The summed E-state index contributed by atoms with van der Waals surface area (Å²) in [5.74, 6) is 0.480. The molecule has 5 nitrogen and oxygen atoms in total. The standard InChI is InChI=1S/C15H22N2O3/c1-17(14(19)15(16)7-3-4-8-15)10-11-5-6-13(20-2)12(18)9-11/h5-6,9,18H,3-4,7-8,10,16H2,1-2H3. The van der Waals surface area contributed by atoms with E-state index in [2.05, 4.69) is 0 Å². The lowest BCUT2D eigenvalue weighted by molar-refractivity contribution is -0.136. The number of carbonyl (C=O) groups is 1. The summed E-state index contributed by atoms with van der Waals surface area (Å²) in [6.07, 6.45) is 3.53. The minimum Gasteiger partial charge on any atom is -0.504 e. The van der Waals surface area contributed by atoms with Crippen LogP contribution in [0.5, 0.6) is 11.5 Å². The van der Waals surface area contributed by atoms with E-state index in [9.17, 15) is 9.90 Å². The Morgan fingerprint density at radius 3 is 2.65 bits per heavy atom. The van der Waals surface area contributed by atoms with Gasteiger partial charge in [0, 0.05) is 13.6 Å². The molecule has 20 heavy (non-hydrogen) atoms. The fraction of sp³-hybridized carbons (Fsp3) is 0.533. The number of phenolic OH excluding ortho intramolecular Hbond substituents is 1. The van der Waals surface area contributed by atoms with Crippen LogP contribution in [-0.4, -0.2) is 35.6 Å². The van der Waals surface area contributed by atoms with Crippen LogP contribution in [0.3, 0.4) is 0 Å². The first-order valence-electron chi connectivity index (χ1n) is 6.86. The van der Waals surface area contributed by atoms with Gasteiger partial charge in [0.1, 0.15) is 0 Å². The van der Waals surface area contributed by atoms with Crippen LogP contribution in [0.2, 0.25) is 0 Å². The number of phenols is 1. The van der Waals surface area contributed by atoms with Crippen molar-refractivity contribution in [3.63, 3.8) is 0 Å². The Morgan fingerprint density at radius 1 is 1.45 bits per heavy atom. The third kappa shape index (κ3) is 2.88. The van der Waals surface area contributed by atoms with Crippen molar-refractivity contribution in [2.75, 3.05) is 14.2 Å². The molecule has 0 bridgehead atoms. The highest BCUT2D eigenvalue weighted by Crippen LogP contribution is 2.30. The minimum atomic E-state index is -0.705. The van der Waals surface area contributed by atoms with Crippen LogP contribution in [0, 0.1) is 0 Å². The largest absolute Gasteiger partial charge is 0.504 e. The summed E-state index contributed by atoms with van der Waals surface area (Å²) in [6, 6.07) is 5.14. The lowest BCUT2D eigenvalue weighted by Gasteiger charge is -2.28. The number of carbonyl (C=O) groups excluding carboxylic acids is 1. The van der Waals surface area contributed by atoms with Crippen molar-refractivity contribution in [2.45, 2.75) is 37.8 Å². The van der Waals surface area contributed by atoms with E-state index in [0.29, 0.717) is 12.3 Å². The number of methoxy groups -OCH3 is 1. The molecular weight excluding hydrogens is 256 g/mol. The highest BCUT2D eigenvalue weighted by molar-refractivity contribution is 5.86. The molecule has 1 fully saturated rings. The number of ether oxygens (including phenoxy) is 1. The van der Waals surface area contributed by atoms with Crippen LogP contribution in [0.4, 0.5) is 0 Å². The van der Waals surface area contributed by atoms with Gasteiger partial charge in [0.15, 0.2) is 11.5 Å². The maximum Gasteiger partial charge on any atom is 0.242 e. The molecule has 110 valence electrons. The van der Waals surface area contributed by atoms with E-state index in [1.807, 2.05) is 6.07 Å². The van der Waals surface area contributed by atoms with E-state index in [1.165, 1.54) is 7.11 Å². The van der Waals surface area contributed by atoms with Gasteiger partial charge >= 0.3 is 0 Å². The Morgan fingerprint density at radius 2 is 2.10 bits per heavy atom. The van der Waals surface area contributed by atoms with Crippen LogP contribution in [0.25, 0.3) is 0 Å². The molecule has 0 unspecified atom stereocenters. The zero-order valence-electron chi connectivity index (χ0n) is 12.1. The van der Waals surface area contributed by atoms with E-state index in [4.69, 9.17) is 10.5 Å². The summed E-state index contributed by atoms with van der Waals surface area (Å²) >= 11 is 0. The number of hydrogen-bond acceptors (Lipinski definition) is 4. The highest BCUT2D eigenvalue weighted by atomic mass is 16.5. The zero-order valence-corrected chi connectivity index (χ0v) is 12.1. The van der Waals surface area contributed by atoms with Gasteiger partial charge in [0.05, 0.1) is 12.6 Å². The van der Waals surface area contributed by atoms with Gasteiger partial charge in [-0.2, -0.15) is 0 Å². The van der Waals surface area contributed by atoms with Crippen LogP contribution < -0.4 is 10.5 Å². The van der Waals surface area contributed by atoms with Gasteiger partial charge < -0.3 is 20.5 Å². The van der Waals surface area contributed by atoms with Gasteiger partial charge in [-0.1, -0.05) is 18.9 Å². The van der Waals surface area contributed by atoms with E-state index in [1.54, 1.807) is 24.1 Å². The molecule has 0 aromatic heterocycles. The molecule has 1 aliphatic rings. The van der Waals surface area contributed by atoms with Crippen LogP contribution >= 0.6 is 0 Å². The molecule has 0 atom stereocenters. The second kappa shape index (κ2) is 5.71. The van der Waals surface area contributed by atoms with Crippen LogP contribution in [-0.2, 0) is 11.3 Å². The molecule has 2 rings (SSSR count). The monoisotopic (exact) mass is 278 g/mol. The van der Waals surface area contributed by atoms with Gasteiger partial charge in [-0.15, -0.1) is 0 Å². The lowest BCUT2D eigenvalue weighted by Crippen LogP contribution is -2.52. The smallest absolute Gasteiger partial charge is 0.242 e. The average molecular weight is 278 g/mol. The molecule has 1 aliphatic carbocycles. The number of likely N-dealkylation sites (N-methyl/N-ethyl adjacent to an activating group) is 1. The normalized spacial score (nSPS) is 16.9. The molecular formula is C15H22N2O3. The molecule has 1 aromatic rings. The number of nitrogens with two attached hydrogens (primary N) is 1. The number of aromatic hydroxyl groups is 1. The summed E-state index contributed by atoms with van der Waals surface area (Å²) in [5, 5.41) is 9.75. The summed E-state index contributed by atoms with van der Waals surface area (Å²) < 4.78 is 5.00. The molecule has 0 saturated heterocycles. The number of benzene rings is 1. The summed E-state index contributed by atoms with van der Waals surface area (Å²) in [4.78, 5) is 14.0. The highest BCUT2D eigenvalue weighted by Gasteiger charge is 2.38. The molecule has 0 aliphatic heterocycles. The second-order valence-electron chi connectivity index (χ2n) is 5.53. The van der Waals surface area contributed by atoms with Crippen LogP contribution in [0.1, 0.15) is 31.2 Å². The van der Waals surface area contributed by atoms with Crippen molar-refractivity contribution in [3.05, 3.63) is 23.8 Å². The van der Waals surface area contributed by atoms with E-state index < -0.39 is 5.54 Å². The quantitative estimate of drug-likeness (QED) is 0.877. The first-order valence-corrected chi connectivity index (χ1v) is 6.86. The predicted molar refractivity (Wildman–Crippen MR) is 76.5 cm³/mol. The maximum absolute atomic E-state index is 12.4. The molecule has 3 N–H and O–H groups in total. The van der Waals surface area contributed by atoms with Crippen LogP contribution in [0.15, 0.2) is 18.2 Å². The lowest BCUT2D eigenvalue weighted by atomic mass is 9.97. The Labute approximate surface area is 119 Å². The number of nitrogens with zero attached hydrogens (tertiary/aromatic N) is 1. The van der Waals surface area contributed by atoms with E-state index >= 15 is 0 Å². The summed E-state index contributed by atoms with van der Waals surface area (Å²) in [6.45, 7) is 0.426. The predicted octanol–water partition coefficient (Wildman–Crippen LogP) is 1.63. The molecule has 0 radical (unpaired) electrons. The second-order valence-corrected chi connectivity index (χ2v) is 5.53. The average Bonchev–Trinajstić information content (AvgIpc) is 2.86. The first-order chi connectivity index (χ1) is 9.46. The number of rotatable bonds is 4. The molecule has 1 saturated carbocycles. The van der Waals surface area contributed by atoms with Crippen molar-refractivity contribution < 1.29 is 14.6 Å². The van der Waals surface area contributed by atoms with Gasteiger partial charge in [-0.05, 0) is 30.5 Å². The zero-order chi connectivity index (χ0) is 14.8. The Balaban J connectivity index is 2.05. The molecule has 1 aromatic carbocycles. The molecule has 1 amide bonds. The van der Waals surface area contributed by atoms with Gasteiger partial charge in [0.25, 0.3) is 0 Å². The third-order valence-electron chi connectivity index (χ3n) is 3.93. The van der Waals surface area contributed by atoms with Crippen molar-refractivity contribution in [2.24, 2.45) is 5.73 Å². The minimum absolute atomic E-state index is 0.0229. The third-order valence-corrected chi connectivity index (χ3v) is 3.93. The van der Waals surface area contributed by atoms with Crippen molar-refractivity contribution in [3.8, 4) is 11.5 Å². The number of hydrogen-bond donors (Lipinski definition) is 2. The maximum atomic E-state index is 12.4. The van der Waals surface area contributed by atoms with Gasteiger partial charge in [-0.3, -0.25) is 4.79 Å². The molecule has 0 spiro atoms. The fourth-order valence-corrected chi connectivity index (χ4v) is 2.78. The Kier molecular flexibility index (Phi) is 4.18. The molecule has 0 heterocycles.